The molecule has 0 radical (unpaired) electrons. The first kappa shape index (κ1) is 17.8. The van der Waals surface area contributed by atoms with Gasteiger partial charge >= 0.3 is 5.97 Å². The van der Waals surface area contributed by atoms with Crippen molar-refractivity contribution in [2.24, 2.45) is 0 Å². The SMILES string of the molecule is COC(=O)c1[nH]c2ccc(Cl)cc2c1NC(=O)CN1CCCCC1C. The molecule has 1 saturated heterocycles. The Morgan fingerprint density at radius 1 is 1.40 bits per heavy atom. The molecule has 2 aromatic rings. The second-order valence-corrected chi connectivity index (χ2v) is 6.86. The fraction of sp³-hybridized carbons (Fsp3) is 0.444. The number of carbonyl (C=O) groups is 2. The summed E-state index contributed by atoms with van der Waals surface area (Å²) in [5, 5.41) is 4.09. The number of piperidine rings is 1. The molecule has 7 heteroatoms. The van der Waals surface area contributed by atoms with E-state index in [-0.39, 0.29) is 11.6 Å². The number of hydrogen-bond donors (Lipinski definition) is 2. The molecule has 0 spiro atoms. The zero-order valence-electron chi connectivity index (χ0n) is 14.4. The minimum Gasteiger partial charge on any atom is -0.464 e. The van der Waals surface area contributed by atoms with Crippen LogP contribution in [0, 0.1) is 0 Å². The summed E-state index contributed by atoms with van der Waals surface area (Å²) in [6.07, 6.45) is 3.41. The Morgan fingerprint density at radius 3 is 2.92 bits per heavy atom. The second kappa shape index (κ2) is 7.45. The Bertz CT molecular complexity index is 802. The van der Waals surface area contributed by atoms with Crippen LogP contribution in [0.1, 0.15) is 36.7 Å². The number of fused-ring (bicyclic) bond motifs is 1. The maximum absolute atomic E-state index is 12.6. The van der Waals surface area contributed by atoms with Crippen LogP contribution in [0.3, 0.4) is 0 Å². The van der Waals surface area contributed by atoms with E-state index in [2.05, 4.69) is 22.1 Å². The fourth-order valence-electron chi connectivity index (χ4n) is 3.31. The third kappa shape index (κ3) is 3.80. The predicted molar refractivity (Wildman–Crippen MR) is 98.2 cm³/mol. The normalized spacial score (nSPS) is 18.3. The number of esters is 1. The summed E-state index contributed by atoms with van der Waals surface area (Å²) in [7, 11) is 1.31. The Balaban J connectivity index is 1.87. The number of nitrogens with one attached hydrogen (secondary N) is 2. The van der Waals surface area contributed by atoms with Crippen molar-refractivity contribution >= 4 is 40.1 Å². The van der Waals surface area contributed by atoms with Gasteiger partial charge in [-0.25, -0.2) is 4.79 Å². The summed E-state index contributed by atoms with van der Waals surface area (Å²) in [6.45, 7) is 3.35. The molecule has 3 rings (SSSR count). The first-order valence-corrected chi connectivity index (χ1v) is 8.81. The lowest BCUT2D eigenvalue weighted by Crippen LogP contribution is -2.42. The lowest BCUT2D eigenvalue weighted by Gasteiger charge is -2.32. The van der Waals surface area contributed by atoms with Gasteiger partial charge in [-0.05, 0) is 44.5 Å². The van der Waals surface area contributed by atoms with E-state index in [4.69, 9.17) is 16.3 Å². The van der Waals surface area contributed by atoms with Crippen molar-refractivity contribution in [3.05, 3.63) is 28.9 Å². The molecule has 0 aliphatic carbocycles. The highest BCUT2D eigenvalue weighted by Crippen LogP contribution is 2.30. The topological polar surface area (TPSA) is 74.4 Å². The molecular weight excluding hydrogens is 342 g/mol. The van der Waals surface area contributed by atoms with Crippen LogP contribution < -0.4 is 5.32 Å². The molecule has 1 aromatic heterocycles. The fourth-order valence-corrected chi connectivity index (χ4v) is 3.48. The third-order valence-corrected chi connectivity index (χ3v) is 4.94. The average Bonchev–Trinajstić information content (AvgIpc) is 2.94. The molecule has 0 saturated carbocycles. The van der Waals surface area contributed by atoms with Crippen molar-refractivity contribution in [1.29, 1.82) is 0 Å². The summed E-state index contributed by atoms with van der Waals surface area (Å²) in [6, 6.07) is 5.60. The van der Waals surface area contributed by atoms with Gasteiger partial charge in [-0.3, -0.25) is 9.69 Å². The van der Waals surface area contributed by atoms with Gasteiger partial charge in [0.05, 0.1) is 19.3 Å². The van der Waals surface area contributed by atoms with Crippen LogP contribution in [0.4, 0.5) is 5.69 Å². The number of H-pyrrole nitrogens is 1. The third-order valence-electron chi connectivity index (χ3n) is 4.70. The van der Waals surface area contributed by atoms with Gasteiger partial charge in [0.1, 0.15) is 5.69 Å². The van der Waals surface area contributed by atoms with Crippen LogP contribution in [0.25, 0.3) is 10.9 Å². The maximum Gasteiger partial charge on any atom is 0.356 e. The van der Waals surface area contributed by atoms with Crippen molar-refractivity contribution in [2.45, 2.75) is 32.2 Å². The Morgan fingerprint density at radius 2 is 2.20 bits per heavy atom. The zero-order chi connectivity index (χ0) is 18.0. The molecule has 25 heavy (non-hydrogen) atoms. The number of ether oxygens (including phenoxy) is 1. The molecule has 1 atom stereocenters. The van der Waals surface area contributed by atoms with Crippen LogP contribution in [0.5, 0.6) is 0 Å². The lowest BCUT2D eigenvalue weighted by molar-refractivity contribution is -0.118. The molecule has 1 fully saturated rings. The number of halogens is 1. The van der Waals surface area contributed by atoms with Gasteiger partial charge < -0.3 is 15.0 Å². The van der Waals surface area contributed by atoms with Crippen LogP contribution in [-0.4, -0.2) is 48.0 Å². The Kier molecular flexibility index (Phi) is 5.30. The molecule has 1 aromatic carbocycles. The van der Waals surface area contributed by atoms with Crippen LogP contribution in [0.15, 0.2) is 18.2 Å². The number of aromatic amines is 1. The number of amides is 1. The minimum atomic E-state index is -0.533. The van der Waals surface area contributed by atoms with E-state index in [1.807, 2.05) is 0 Å². The van der Waals surface area contributed by atoms with Crippen molar-refractivity contribution in [3.63, 3.8) is 0 Å². The van der Waals surface area contributed by atoms with E-state index in [0.717, 1.165) is 19.4 Å². The van der Waals surface area contributed by atoms with E-state index in [9.17, 15) is 9.59 Å². The summed E-state index contributed by atoms with van der Waals surface area (Å²) in [5.41, 5.74) is 1.35. The molecule has 1 amide bonds. The first-order valence-electron chi connectivity index (χ1n) is 8.43. The number of likely N-dealkylation sites (tertiary alicyclic amines) is 1. The molecule has 134 valence electrons. The van der Waals surface area contributed by atoms with E-state index in [0.29, 0.717) is 34.2 Å². The van der Waals surface area contributed by atoms with Crippen LogP contribution in [0.2, 0.25) is 5.02 Å². The van der Waals surface area contributed by atoms with Crippen molar-refractivity contribution < 1.29 is 14.3 Å². The highest BCUT2D eigenvalue weighted by Gasteiger charge is 2.24. The summed E-state index contributed by atoms with van der Waals surface area (Å²) in [5.74, 6) is -0.686. The number of carbonyl (C=O) groups excluding carboxylic acids is 2. The predicted octanol–water partition coefficient (Wildman–Crippen LogP) is 3.42. The highest BCUT2D eigenvalue weighted by molar-refractivity contribution is 6.31. The number of methoxy groups -OCH3 is 1. The Hall–Kier alpha value is -2.05. The number of benzene rings is 1. The van der Waals surface area contributed by atoms with Crippen molar-refractivity contribution in [1.82, 2.24) is 9.88 Å². The number of nitrogens with zero attached hydrogens (tertiary/aromatic N) is 1. The largest absolute Gasteiger partial charge is 0.464 e. The highest BCUT2D eigenvalue weighted by atomic mass is 35.5. The average molecular weight is 364 g/mol. The molecular formula is C18H22ClN3O3. The molecule has 1 unspecified atom stereocenters. The number of aromatic nitrogens is 1. The van der Waals surface area contributed by atoms with E-state index >= 15 is 0 Å². The van der Waals surface area contributed by atoms with Gasteiger partial charge in [0, 0.05) is 22.0 Å². The summed E-state index contributed by atoms with van der Waals surface area (Å²) >= 11 is 6.07. The molecule has 6 nitrogen and oxygen atoms in total. The molecule has 2 N–H and O–H groups in total. The zero-order valence-corrected chi connectivity index (χ0v) is 15.2. The second-order valence-electron chi connectivity index (χ2n) is 6.42. The minimum absolute atomic E-state index is 0.153. The van der Waals surface area contributed by atoms with E-state index in [1.54, 1.807) is 18.2 Å². The summed E-state index contributed by atoms with van der Waals surface area (Å²) in [4.78, 5) is 29.8. The van der Waals surface area contributed by atoms with Gasteiger partial charge in [0.15, 0.2) is 0 Å². The molecule has 0 bridgehead atoms. The van der Waals surface area contributed by atoms with E-state index in [1.165, 1.54) is 13.5 Å². The standard InChI is InChI=1S/C18H22ClN3O3/c1-11-5-3-4-8-22(11)10-15(23)21-16-13-9-12(19)6-7-14(13)20-17(16)18(24)25-2/h6-7,9,11,20H,3-5,8,10H2,1-2H3,(H,21,23). The number of hydrogen-bond acceptors (Lipinski definition) is 4. The molecule has 1 aliphatic heterocycles. The maximum atomic E-state index is 12.6. The van der Waals surface area contributed by atoms with Gasteiger partial charge in [0.2, 0.25) is 5.91 Å². The summed E-state index contributed by atoms with van der Waals surface area (Å²) < 4.78 is 4.82. The molecule has 1 aliphatic rings. The van der Waals surface area contributed by atoms with Gasteiger partial charge in [0.25, 0.3) is 0 Å². The quantitative estimate of drug-likeness (QED) is 0.816. The molecule has 2 heterocycles. The van der Waals surface area contributed by atoms with Gasteiger partial charge in [-0.15, -0.1) is 0 Å². The number of anilines is 1. The lowest BCUT2D eigenvalue weighted by atomic mass is 10.0. The van der Waals surface area contributed by atoms with Crippen molar-refractivity contribution in [2.75, 3.05) is 25.5 Å². The van der Waals surface area contributed by atoms with Gasteiger partial charge in [-0.1, -0.05) is 18.0 Å². The smallest absolute Gasteiger partial charge is 0.356 e. The van der Waals surface area contributed by atoms with E-state index < -0.39 is 5.97 Å². The van der Waals surface area contributed by atoms with Crippen LogP contribution in [-0.2, 0) is 9.53 Å². The first-order chi connectivity index (χ1) is 12.0. The monoisotopic (exact) mass is 363 g/mol. The Labute approximate surface area is 151 Å². The van der Waals surface area contributed by atoms with Crippen molar-refractivity contribution in [3.8, 4) is 0 Å². The van der Waals surface area contributed by atoms with Crippen LogP contribution >= 0.6 is 11.6 Å². The van der Waals surface area contributed by atoms with Gasteiger partial charge in [-0.2, -0.15) is 0 Å². The number of rotatable bonds is 4.